The second kappa shape index (κ2) is 4.17. The van der Waals surface area contributed by atoms with Crippen LogP contribution >= 0.6 is 11.8 Å². The van der Waals surface area contributed by atoms with Crippen molar-refractivity contribution >= 4 is 27.5 Å². The molecule has 0 aromatic carbocycles. The Kier molecular flexibility index (Phi) is 3.44. The molecule has 6 nitrogen and oxygen atoms in total. The van der Waals surface area contributed by atoms with E-state index in [0.717, 1.165) is 6.26 Å². The highest BCUT2D eigenvalue weighted by atomic mass is 32.2. The van der Waals surface area contributed by atoms with Crippen LogP contribution in [-0.2, 0) is 14.6 Å². The van der Waals surface area contributed by atoms with Gasteiger partial charge in [-0.25, -0.2) is 13.4 Å². The molecule has 1 heterocycles. The van der Waals surface area contributed by atoms with Crippen molar-refractivity contribution < 1.29 is 8.42 Å². The standard InChI is InChI=1S/C8H14N4O2S2/c1-8(2,16(4,13)14)5-10-6(9)12-7(11-5)15-3/h1-4H3,(H2,9,10,11,12). The Hall–Kier alpha value is -0.890. The molecule has 16 heavy (non-hydrogen) atoms. The first-order valence-electron chi connectivity index (χ1n) is 4.44. The van der Waals surface area contributed by atoms with Crippen molar-refractivity contribution in [2.45, 2.75) is 23.8 Å². The molecule has 1 aromatic heterocycles. The Morgan fingerprint density at radius 2 is 1.81 bits per heavy atom. The summed E-state index contributed by atoms with van der Waals surface area (Å²) in [7, 11) is -3.31. The average Bonchev–Trinajstić information content (AvgIpc) is 2.15. The van der Waals surface area contributed by atoms with E-state index in [0.29, 0.717) is 5.16 Å². The third-order valence-electron chi connectivity index (χ3n) is 2.28. The Labute approximate surface area is 99.0 Å². The number of rotatable bonds is 3. The Morgan fingerprint density at radius 3 is 2.25 bits per heavy atom. The molecule has 0 fully saturated rings. The monoisotopic (exact) mass is 262 g/mol. The summed E-state index contributed by atoms with van der Waals surface area (Å²) in [5.41, 5.74) is 5.50. The van der Waals surface area contributed by atoms with Crippen LogP contribution in [0.5, 0.6) is 0 Å². The Morgan fingerprint density at radius 1 is 1.25 bits per heavy atom. The van der Waals surface area contributed by atoms with E-state index < -0.39 is 14.6 Å². The van der Waals surface area contributed by atoms with Crippen molar-refractivity contribution in [3.63, 3.8) is 0 Å². The number of thioether (sulfide) groups is 1. The zero-order valence-electron chi connectivity index (χ0n) is 9.55. The molecule has 1 aromatic rings. The third kappa shape index (κ3) is 2.43. The second-order valence-corrected chi connectivity index (χ2v) is 7.12. The number of anilines is 1. The van der Waals surface area contributed by atoms with Crippen molar-refractivity contribution in [1.82, 2.24) is 15.0 Å². The van der Waals surface area contributed by atoms with E-state index in [9.17, 15) is 8.42 Å². The van der Waals surface area contributed by atoms with Gasteiger partial charge in [0.25, 0.3) is 0 Å². The molecule has 0 amide bonds. The summed E-state index contributed by atoms with van der Waals surface area (Å²) in [5, 5.41) is 0.416. The zero-order valence-corrected chi connectivity index (χ0v) is 11.2. The van der Waals surface area contributed by atoms with Gasteiger partial charge in [0.05, 0.1) is 0 Å². The van der Waals surface area contributed by atoms with Gasteiger partial charge in [0.1, 0.15) is 4.75 Å². The van der Waals surface area contributed by atoms with Crippen LogP contribution in [0.15, 0.2) is 5.16 Å². The average molecular weight is 262 g/mol. The summed E-state index contributed by atoms with van der Waals surface area (Å²) in [6, 6.07) is 0. The van der Waals surface area contributed by atoms with Crippen LogP contribution in [0.3, 0.4) is 0 Å². The van der Waals surface area contributed by atoms with Gasteiger partial charge in [-0.15, -0.1) is 0 Å². The van der Waals surface area contributed by atoms with Gasteiger partial charge in [-0.05, 0) is 20.1 Å². The van der Waals surface area contributed by atoms with E-state index in [4.69, 9.17) is 5.73 Å². The van der Waals surface area contributed by atoms with Crippen LogP contribution in [0.2, 0.25) is 0 Å². The topological polar surface area (TPSA) is 98.8 Å². The van der Waals surface area contributed by atoms with Gasteiger partial charge in [-0.2, -0.15) is 9.97 Å². The first kappa shape index (κ1) is 13.2. The predicted molar refractivity (Wildman–Crippen MR) is 63.9 cm³/mol. The van der Waals surface area contributed by atoms with E-state index >= 15 is 0 Å². The van der Waals surface area contributed by atoms with Gasteiger partial charge < -0.3 is 5.73 Å². The predicted octanol–water partition coefficient (Wildman–Crippen LogP) is 0.455. The first-order chi connectivity index (χ1) is 7.18. The van der Waals surface area contributed by atoms with Crippen LogP contribution in [-0.4, -0.2) is 35.9 Å². The molecule has 2 N–H and O–H groups in total. The maximum Gasteiger partial charge on any atom is 0.224 e. The molecule has 0 saturated carbocycles. The minimum Gasteiger partial charge on any atom is -0.368 e. The number of aromatic nitrogens is 3. The number of hydrogen-bond donors (Lipinski definition) is 1. The van der Waals surface area contributed by atoms with E-state index in [2.05, 4.69) is 15.0 Å². The number of nitrogen functional groups attached to an aromatic ring is 1. The molecule has 0 unspecified atom stereocenters. The smallest absolute Gasteiger partial charge is 0.224 e. The third-order valence-corrected chi connectivity index (χ3v) is 4.86. The fourth-order valence-electron chi connectivity index (χ4n) is 0.898. The molecular formula is C8H14N4O2S2. The summed E-state index contributed by atoms with van der Waals surface area (Å²) in [5.74, 6) is 0.206. The maximum absolute atomic E-state index is 11.6. The molecule has 0 bridgehead atoms. The highest BCUT2D eigenvalue weighted by molar-refractivity contribution is 7.98. The van der Waals surface area contributed by atoms with Gasteiger partial charge in [0, 0.05) is 6.26 Å². The number of nitrogens with two attached hydrogens (primary N) is 1. The van der Waals surface area contributed by atoms with Crippen LogP contribution in [0, 0.1) is 0 Å². The van der Waals surface area contributed by atoms with Gasteiger partial charge >= 0.3 is 0 Å². The lowest BCUT2D eigenvalue weighted by atomic mass is 10.2. The lowest BCUT2D eigenvalue weighted by Crippen LogP contribution is -2.31. The molecular weight excluding hydrogens is 248 g/mol. The van der Waals surface area contributed by atoms with Crippen molar-refractivity contribution in [1.29, 1.82) is 0 Å². The molecule has 0 aliphatic carbocycles. The number of hydrogen-bond acceptors (Lipinski definition) is 7. The van der Waals surface area contributed by atoms with Crippen molar-refractivity contribution in [2.75, 3.05) is 18.2 Å². The lowest BCUT2D eigenvalue weighted by molar-refractivity contribution is 0.546. The van der Waals surface area contributed by atoms with Crippen LogP contribution in [0.25, 0.3) is 0 Å². The molecule has 0 aliphatic rings. The Bertz CT molecular complexity index is 499. The number of sulfone groups is 1. The van der Waals surface area contributed by atoms with Gasteiger partial charge in [-0.3, -0.25) is 0 Å². The van der Waals surface area contributed by atoms with E-state index in [-0.39, 0.29) is 11.8 Å². The van der Waals surface area contributed by atoms with Crippen LogP contribution < -0.4 is 5.73 Å². The largest absolute Gasteiger partial charge is 0.368 e. The van der Waals surface area contributed by atoms with E-state index in [1.807, 2.05) is 0 Å². The van der Waals surface area contributed by atoms with Crippen molar-refractivity contribution in [2.24, 2.45) is 0 Å². The summed E-state index contributed by atoms with van der Waals surface area (Å²) in [6.07, 6.45) is 2.93. The van der Waals surface area contributed by atoms with Gasteiger partial charge in [0.2, 0.25) is 5.95 Å². The minimum absolute atomic E-state index is 0.0334. The zero-order chi connectivity index (χ0) is 12.6. The molecule has 0 aliphatic heterocycles. The molecule has 0 atom stereocenters. The van der Waals surface area contributed by atoms with E-state index in [1.165, 1.54) is 11.8 Å². The summed E-state index contributed by atoms with van der Waals surface area (Å²) >= 11 is 1.29. The van der Waals surface area contributed by atoms with Crippen molar-refractivity contribution in [3.8, 4) is 0 Å². The van der Waals surface area contributed by atoms with Gasteiger partial charge in [0.15, 0.2) is 20.8 Å². The fourth-order valence-corrected chi connectivity index (χ4v) is 1.68. The summed E-state index contributed by atoms with van der Waals surface area (Å²) in [4.78, 5) is 11.8. The fraction of sp³-hybridized carbons (Fsp3) is 0.625. The minimum atomic E-state index is -3.31. The normalized spacial score (nSPS) is 12.8. The number of nitrogens with zero attached hydrogens (tertiary/aromatic N) is 3. The highest BCUT2D eigenvalue weighted by Gasteiger charge is 2.36. The molecule has 0 spiro atoms. The van der Waals surface area contributed by atoms with Crippen LogP contribution in [0.1, 0.15) is 19.7 Å². The molecule has 0 saturated heterocycles. The lowest BCUT2D eigenvalue weighted by Gasteiger charge is -2.20. The van der Waals surface area contributed by atoms with Crippen molar-refractivity contribution in [3.05, 3.63) is 5.82 Å². The Balaban J connectivity index is 3.39. The summed E-state index contributed by atoms with van der Waals surface area (Å²) < 4.78 is 22.1. The van der Waals surface area contributed by atoms with E-state index in [1.54, 1.807) is 20.1 Å². The van der Waals surface area contributed by atoms with Crippen LogP contribution in [0.4, 0.5) is 5.95 Å². The maximum atomic E-state index is 11.6. The molecule has 0 radical (unpaired) electrons. The molecule has 8 heteroatoms. The van der Waals surface area contributed by atoms with Gasteiger partial charge in [-0.1, -0.05) is 11.8 Å². The second-order valence-electron chi connectivity index (χ2n) is 3.79. The summed E-state index contributed by atoms with van der Waals surface area (Å²) in [6.45, 7) is 3.09. The quantitative estimate of drug-likeness (QED) is 0.790. The SMILES string of the molecule is CSc1nc(N)nc(C(C)(C)S(C)(=O)=O)n1. The molecule has 90 valence electrons. The molecule has 1 rings (SSSR count). The highest BCUT2D eigenvalue weighted by Crippen LogP contribution is 2.27. The first-order valence-corrected chi connectivity index (χ1v) is 7.55.